The molecule has 5 heteroatoms. The fourth-order valence-corrected chi connectivity index (χ4v) is 2.30. The van der Waals surface area contributed by atoms with Gasteiger partial charge in [0.05, 0.1) is 0 Å². The molecule has 3 N–H and O–H groups in total. The van der Waals surface area contributed by atoms with Crippen molar-refractivity contribution in [2.45, 2.75) is 32.4 Å². The molecule has 0 aromatic carbocycles. The molecule has 18 heavy (non-hydrogen) atoms. The van der Waals surface area contributed by atoms with Crippen molar-refractivity contribution in [2.24, 2.45) is 5.73 Å². The lowest BCUT2D eigenvalue weighted by atomic mass is 10.2. The maximum absolute atomic E-state index is 11.3. The summed E-state index contributed by atoms with van der Waals surface area (Å²) >= 11 is 0. The summed E-state index contributed by atoms with van der Waals surface area (Å²) in [6.07, 6.45) is 3.68. The molecule has 1 atom stereocenters. The zero-order valence-corrected chi connectivity index (χ0v) is 10.7. The number of carbonyl (C=O) groups is 1. The lowest BCUT2D eigenvalue weighted by Gasteiger charge is -2.23. The monoisotopic (exact) mass is 248 g/mol. The number of carbonyl (C=O) groups excluding carboxylic acids is 1. The Balaban J connectivity index is 2.06. The van der Waals surface area contributed by atoms with E-state index in [1.54, 1.807) is 0 Å². The molecule has 1 amide bonds. The van der Waals surface area contributed by atoms with Crippen LogP contribution in [0.3, 0.4) is 0 Å². The molecule has 1 aliphatic rings. The highest BCUT2D eigenvalue weighted by Crippen LogP contribution is 2.23. The number of hydrogen-bond acceptors (Lipinski definition) is 4. The van der Waals surface area contributed by atoms with E-state index in [4.69, 9.17) is 5.73 Å². The van der Waals surface area contributed by atoms with E-state index in [9.17, 15) is 4.79 Å². The van der Waals surface area contributed by atoms with Crippen molar-refractivity contribution in [3.05, 3.63) is 23.9 Å². The van der Waals surface area contributed by atoms with Crippen LogP contribution < -0.4 is 16.0 Å². The fourth-order valence-electron chi connectivity index (χ4n) is 2.30. The van der Waals surface area contributed by atoms with Gasteiger partial charge in [0.1, 0.15) is 11.9 Å². The second-order valence-corrected chi connectivity index (χ2v) is 4.56. The van der Waals surface area contributed by atoms with Crippen LogP contribution in [0.15, 0.2) is 18.3 Å². The van der Waals surface area contributed by atoms with Gasteiger partial charge >= 0.3 is 0 Å². The van der Waals surface area contributed by atoms with Crippen molar-refractivity contribution in [1.29, 1.82) is 0 Å². The third-order valence-electron chi connectivity index (χ3n) is 3.26. The van der Waals surface area contributed by atoms with Gasteiger partial charge in [-0.05, 0) is 31.0 Å². The van der Waals surface area contributed by atoms with Gasteiger partial charge in [0.2, 0.25) is 5.91 Å². The van der Waals surface area contributed by atoms with Crippen LogP contribution in [0.2, 0.25) is 0 Å². The zero-order chi connectivity index (χ0) is 13.0. The van der Waals surface area contributed by atoms with Gasteiger partial charge in [0, 0.05) is 19.3 Å². The molecule has 1 aromatic heterocycles. The molecular weight excluding hydrogens is 228 g/mol. The molecule has 0 aliphatic carbocycles. The third-order valence-corrected chi connectivity index (χ3v) is 3.26. The summed E-state index contributed by atoms with van der Waals surface area (Å²) in [5, 5.41) is 3.25. The van der Waals surface area contributed by atoms with Gasteiger partial charge in [-0.1, -0.05) is 13.0 Å². The highest BCUT2D eigenvalue weighted by atomic mass is 16.1. The van der Waals surface area contributed by atoms with Gasteiger partial charge in [-0.25, -0.2) is 4.98 Å². The normalized spacial score (nSPS) is 19.2. The van der Waals surface area contributed by atoms with Gasteiger partial charge < -0.3 is 16.0 Å². The quantitative estimate of drug-likeness (QED) is 0.802. The molecule has 0 radical (unpaired) electrons. The Hall–Kier alpha value is -1.62. The summed E-state index contributed by atoms with van der Waals surface area (Å²) in [6.45, 7) is 4.69. The SMILES string of the molecule is CCNCc1ccc(N2CCCC2C(N)=O)nc1. The van der Waals surface area contributed by atoms with Crippen LogP contribution in [0.4, 0.5) is 5.82 Å². The molecule has 98 valence electrons. The minimum atomic E-state index is -0.258. The van der Waals surface area contributed by atoms with Crippen molar-refractivity contribution < 1.29 is 4.79 Å². The van der Waals surface area contributed by atoms with Crippen LogP contribution >= 0.6 is 0 Å². The number of nitrogens with one attached hydrogen (secondary N) is 1. The largest absolute Gasteiger partial charge is 0.368 e. The van der Waals surface area contributed by atoms with Crippen molar-refractivity contribution >= 4 is 11.7 Å². The Kier molecular flexibility index (Phi) is 4.15. The van der Waals surface area contributed by atoms with Crippen LogP contribution in [-0.2, 0) is 11.3 Å². The van der Waals surface area contributed by atoms with Crippen LogP contribution in [0.1, 0.15) is 25.3 Å². The first-order chi connectivity index (χ1) is 8.72. The smallest absolute Gasteiger partial charge is 0.240 e. The molecule has 1 saturated heterocycles. The summed E-state index contributed by atoms with van der Waals surface area (Å²) in [5.74, 6) is 0.586. The summed E-state index contributed by atoms with van der Waals surface area (Å²) in [7, 11) is 0. The Morgan fingerprint density at radius 1 is 1.61 bits per heavy atom. The highest BCUT2D eigenvalue weighted by Gasteiger charge is 2.29. The average molecular weight is 248 g/mol. The lowest BCUT2D eigenvalue weighted by Crippen LogP contribution is -2.40. The third kappa shape index (κ3) is 2.79. The number of rotatable bonds is 5. The van der Waals surface area contributed by atoms with Gasteiger partial charge in [-0.3, -0.25) is 4.79 Å². The first-order valence-corrected chi connectivity index (χ1v) is 6.44. The number of pyridine rings is 1. The van der Waals surface area contributed by atoms with Crippen molar-refractivity contribution in [3.8, 4) is 0 Å². The number of aromatic nitrogens is 1. The van der Waals surface area contributed by atoms with Crippen LogP contribution in [-0.4, -0.2) is 30.0 Å². The molecule has 0 saturated carbocycles. The Morgan fingerprint density at radius 3 is 3.06 bits per heavy atom. The van der Waals surface area contributed by atoms with Gasteiger partial charge in [-0.15, -0.1) is 0 Å². The zero-order valence-electron chi connectivity index (χ0n) is 10.7. The lowest BCUT2D eigenvalue weighted by molar-refractivity contribution is -0.119. The van der Waals surface area contributed by atoms with Crippen molar-refractivity contribution in [2.75, 3.05) is 18.0 Å². The first kappa shape index (κ1) is 12.8. The fraction of sp³-hybridized carbons (Fsp3) is 0.538. The molecule has 1 aromatic rings. The molecule has 1 unspecified atom stereocenters. The molecule has 2 heterocycles. The van der Waals surface area contributed by atoms with E-state index in [2.05, 4.69) is 17.2 Å². The van der Waals surface area contributed by atoms with E-state index >= 15 is 0 Å². The first-order valence-electron chi connectivity index (χ1n) is 6.44. The summed E-state index contributed by atoms with van der Waals surface area (Å²) in [6, 6.07) is 3.81. The number of nitrogens with zero attached hydrogens (tertiary/aromatic N) is 2. The number of nitrogens with two attached hydrogens (primary N) is 1. The average Bonchev–Trinajstić information content (AvgIpc) is 2.86. The van der Waals surface area contributed by atoms with Gasteiger partial charge in [0.15, 0.2) is 0 Å². The second-order valence-electron chi connectivity index (χ2n) is 4.56. The summed E-state index contributed by atoms with van der Waals surface area (Å²) in [5.41, 5.74) is 6.55. The summed E-state index contributed by atoms with van der Waals surface area (Å²) < 4.78 is 0. The molecule has 2 rings (SSSR count). The standard InChI is InChI=1S/C13H20N4O/c1-2-15-8-10-5-6-12(16-9-10)17-7-3-4-11(17)13(14)18/h5-6,9,11,15H,2-4,7-8H2,1H3,(H2,14,18). The molecule has 1 fully saturated rings. The predicted octanol–water partition coefficient (Wildman–Crippen LogP) is 0.645. The maximum Gasteiger partial charge on any atom is 0.240 e. The highest BCUT2D eigenvalue weighted by molar-refractivity contribution is 5.83. The number of amides is 1. The molecular formula is C13H20N4O. The molecule has 1 aliphatic heterocycles. The van der Waals surface area contributed by atoms with Crippen LogP contribution in [0.25, 0.3) is 0 Å². The Bertz CT molecular complexity index is 404. The predicted molar refractivity (Wildman–Crippen MR) is 71.2 cm³/mol. The van der Waals surface area contributed by atoms with Crippen LogP contribution in [0, 0.1) is 0 Å². The van der Waals surface area contributed by atoms with Crippen molar-refractivity contribution in [1.82, 2.24) is 10.3 Å². The van der Waals surface area contributed by atoms with E-state index in [0.29, 0.717) is 0 Å². The summed E-state index contributed by atoms with van der Waals surface area (Å²) in [4.78, 5) is 17.8. The van der Waals surface area contributed by atoms with Gasteiger partial charge in [-0.2, -0.15) is 0 Å². The van der Waals surface area contributed by atoms with E-state index < -0.39 is 0 Å². The van der Waals surface area contributed by atoms with E-state index in [-0.39, 0.29) is 11.9 Å². The Labute approximate surface area is 107 Å². The number of primary amides is 1. The number of hydrogen-bond donors (Lipinski definition) is 2. The second kappa shape index (κ2) is 5.82. The van der Waals surface area contributed by atoms with E-state index in [0.717, 1.165) is 43.9 Å². The Morgan fingerprint density at radius 2 is 2.44 bits per heavy atom. The molecule has 0 spiro atoms. The maximum atomic E-state index is 11.3. The topological polar surface area (TPSA) is 71.2 Å². The molecule has 0 bridgehead atoms. The number of anilines is 1. The van der Waals surface area contributed by atoms with E-state index in [1.165, 1.54) is 0 Å². The van der Waals surface area contributed by atoms with Gasteiger partial charge in [0.25, 0.3) is 0 Å². The van der Waals surface area contributed by atoms with Crippen LogP contribution in [0.5, 0.6) is 0 Å². The van der Waals surface area contributed by atoms with Crippen molar-refractivity contribution in [3.63, 3.8) is 0 Å². The minimum Gasteiger partial charge on any atom is -0.368 e. The van der Waals surface area contributed by atoms with E-state index in [1.807, 2.05) is 23.2 Å². The molecule has 5 nitrogen and oxygen atoms in total. The minimum absolute atomic E-state index is 0.197.